The lowest BCUT2D eigenvalue weighted by molar-refractivity contribution is 0.0943. The molecule has 0 aromatic heterocycles. The van der Waals surface area contributed by atoms with Gasteiger partial charge in [0.25, 0.3) is 5.91 Å². The van der Waals surface area contributed by atoms with Gasteiger partial charge in [-0.3, -0.25) is 4.79 Å². The molecule has 0 bridgehead atoms. The van der Waals surface area contributed by atoms with Crippen LogP contribution in [0.15, 0.2) is 36.4 Å². The molecule has 1 heterocycles. The molecule has 5 heteroatoms. The van der Waals surface area contributed by atoms with E-state index < -0.39 is 0 Å². The van der Waals surface area contributed by atoms with E-state index in [0.717, 1.165) is 42.2 Å². The summed E-state index contributed by atoms with van der Waals surface area (Å²) >= 11 is 6.46. The average molecular weight is 372 g/mol. The van der Waals surface area contributed by atoms with Crippen molar-refractivity contribution in [1.82, 2.24) is 10.6 Å². The van der Waals surface area contributed by atoms with Crippen molar-refractivity contribution in [2.45, 2.75) is 39.3 Å². The predicted octanol–water partition coefficient (Wildman–Crippen LogP) is 3.78. The van der Waals surface area contributed by atoms with Crippen LogP contribution >= 0.6 is 11.6 Å². The fraction of sp³-hybridized carbons (Fsp3) is 0.381. The van der Waals surface area contributed by atoms with Gasteiger partial charge in [0.15, 0.2) is 0 Å². The van der Waals surface area contributed by atoms with Crippen molar-refractivity contribution in [3.05, 3.63) is 63.7 Å². The normalized spacial score (nSPS) is 13.8. The molecular weight excluding hydrogens is 346 g/mol. The number of halogens is 1. The second-order valence-corrected chi connectivity index (χ2v) is 7.40. The summed E-state index contributed by atoms with van der Waals surface area (Å²) in [6, 6.07) is 12.0. The molecule has 1 amide bonds. The van der Waals surface area contributed by atoms with E-state index in [9.17, 15) is 4.79 Å². The average Bonchev–Trinajstić information content (AvgIpc) is 2.86. The van der Waals surface area contributed by atoms with Crippen LogP contribution in [0.3, 0.4) is 0 Å². The lowest BCUT2D eigenvalue weighted by Gasteiger charge is -2.16. The number of hydrogen-bond donors (Lipinski definition) is 3. The highest BCUT2D eigenvalue weighted by molar-refractivity contribution is 6.33. The van der Waals surface area contributed by atoms with Crippen molar-refractivity contribution in [2.24, 2.45) is 0 Å². The summed E-state index contributed by atoms with van der Waals surface area (Å²) in [6.07, 6.45) is 2.01. The van der Waals surface area contributed by atoms with Crippen molar-refractivity contribution < 1.29 is 4.79 Å². The molecule has 0 fully saturated rings. The molecule has 0 aliphatic carbocycles. The van der Waals surface area contributed by atoms with E-state index in [1.165, 1.54) is 11.1 Å². The monoisotopic (exact) mass is 371 g/mol. The zero-order valence-electron chi connectivity index (χ0n) is 15.4. The Morgan fingerprint density at radius 2 is 1.85 bits per heavy atom. The van der Waals surface area contributed by atoms with Gasteiger partial charge in [-0.05, 0) is 74.7 Å². The Morgan fingerprint density at radius 1 is 1.12 bits per heavy atom. The molecular formula is C21H26ClN3O. The van der Waals surface area contributed by atoms with Crippen molar-refractivity contribution >= 4 is 23.2 Å². The van der Waals surface area contributed by atoms with Gasteiger partial charge in [0.1, 0.15) is 0 Å². The molecule has 4 nitrogen and oxygen atoms in total. The van der Waals surface area contributed by atoms with Crippen molar-refractivity contribution in [2.75, 3.05) is 18.4 Å². The van der Waals surface area contributed by atoms with Crippen LogP contribution in [0.2, 0.25) is 5.02 Å². The SMILES string of the molecule is CC(C)NC(=O)c1ccc(CNc2c(Cl)ccc3c2CCNCC3)cc1. The van der Waals surface area contributed by atoms with E-state index in [1.807, 2.05) is 44.2 Å². The summed E-state index contributed by atoms with van der Waals surface area (Å²) in [5.41, 5.74) is 5.51. The number of carbonyl (C=O) groups is 1. The minimum atomic E-state index is -0.0385. The van der Waals surface area contributed by atoms with Crippen molar-refractivity contribution in [3.63, 3.8) is 0 Å². The fourth-order valence-corrected chi connectivity index (χ4v) is 3.49. The van der Waals surface area contributed by atoms with Gasteiger partial charge >= 0.3 is 0 Å². The van der Waals surface area contributed by atoms with Gasteiger partial charge in [-0.1, -0.05) is 29.8 Å². The molecule has 1 aliphatic heterocycles. The molecule has 0 saturated carbocycles. The first kappa shape index (κ1) is 18.7. The predicted molar refractivity (Wildman–Crippen MR) is 108 cm³/mol. The third kappa shape index (κ3) is 4.57. The van der Waals surface area contributed by atoms with Gasteiger partial charge in [-0.15, -0.1) is 0 Å². The highest BCUT2D eigenvalue weighted by Gasteiger charge is 2.14. The van der Waals surface area contributed by atoms with Crippen LogP contribution in [0.5, 0.6) is 0 Å². The summed E-state index contributed by atoms with van der Waals surface area (Å²) in [4.78, 5) is 12.0. The molecule has 3 rings (SSSR count). The summed E-state index contributed by atoms with van der Waals surface area (Å²) in [5.74, 6) is -0.0385. The van der Waals surface area contributed by atoms with Gasteiger partial charge < -0.3 is 16.0 Å². The first-order valence-electron chi connectivity index (χ1n) is 9.19. The number of hydrogen-bond acceptors (Lipinski definition) is 3. The number of anilines is 1. The molecule has 26 heavy (non-hydrogen) atoms. The maximum Gasteiger partial charge on any atom is 0.251 e. The van der Waals surface area contributed by atoms with E-state index in [2.05, 4.69) is 22.0 Å². The Labute approximate surface area is 160 Å². The molecule has 1 aliphatic rings. The number of fused-ring (bicyclic) bond motifs is 1. The van der Waals surface area contributed by atoms with Gasteiger partial charge in [0.2, 0.25) is 0 Å². The summed E-state index contributed by atoms with van der Waals surface area (Å²) in [7, 11) is 0. The minimum Gasteiger partial charge on any atom is -0.380 e. The van der Waals surface area contributed by atoms with Crippen LogP contribution in [0.1, 0.15) is 40.9 Å². The quantitative estimate of drug-likeness (QED) is 0.749. The van der Waals surface area contributed by atoms with Gasteiger partial charge in [-0.2, -0.15) is 0 Å². The summed E-state index contributed by atoms with van der Waals surface area (Å²) in [6.45, 7) is 6.57. The summed E-state index contributed by atoms with van der Waals surface area (Å²) in [5, 5.41) is 10.6. The van der Waals surface area contributed by atoms with Crippen LogP contribution in [0.4, 0.5) is 5.69 Å². The second-order valence-electron chi connectivity index (χ2n) is 6.99. The highest BCUT2D eigenvalue weighted by Crippen LogP contribution is 2.31. The van der Waals surface area contributed by atoms with E-state index in [1.54, 1.807) is 0 Å². The first-order chi connectivity index (χ1) is 12.5. The second kappa shape index (κ2) is 8.56. The van der Waals surface area contributed by atoms with Gasteiger partial charge in [0, 0.05) is 18.2 Å². The maximum atomic E-state index is 12.0. The number of benzene rings is 2. The zero-order valence-corrected chi connectivity index (χ0v) is 16.1. The Balaban J connectivity index is 1.70. The van der Waals surface area contributed by atoms with Crippen LogP contribution in [0.25, 0.3) is 0 Å². The third-order valence-corrected chi connectivity index (χ3v) is 4.90. The molecule has 3 N–H and O–H groups in total. The number of nitrogens with one attached hydrogen (secondary N) is 3. The number of rotatable bonds is 5. The topological polar surface area (TPSA) is 53.2 Å². The van der Waals surface area contributed by atoms with Crippen molar-refractivity contribution in [3.8, 4) is 0 Å². The molecule has 0 saturated heterocycles. The number of carbonyl (C=O) groups excluding carboxylic acids is 1. The Morgan fingerprint density at radius 3 is 2.58 bits per heavy atom. The lowest BCUT2D eigenvalue weighted by atomic mass is 10.0. The Bertz CT molecular complexity index is 772. The third-order valence-electron chi connectivity index (χ3n) is 4.59. The van der Waals surface area contributed by atoms with E-state index in [-0.39, 0.29) is 11.9 Å². The van der Waals surface area contributed by atoms with Gasteiger partial charge in [-0.25, -0.2) is 0 Å². The molecule has 2 aromatic rings. The highest BCUT2D eigenvalue weighted by atomic mass is 35.5. The van der Waals surface area contributed by atoms with Crippen LogP contribution in [-0.2, 0) is 19.4 Å². The van der Waals surface area contributed by atoms with E-state index in [4.69, 9.17) is 11.6 Å². The van der Waals surface area contributed by atoms with E-state index in [0.29, 0.717) is 12.1 Å². The van der Waals surface area contributed by atoms with Gasteiger partial charge in [0.05, 0.1) is 10.7 Å². The molecule has 0 radical (unpaired) electrons. The smallest absolute Gasteiger partial charge is 0.251 e. The van der Waals surface area contributed by atoms with Crippen LogP contribution in [-0.4, -0.2) is 25.0 Å². The molecule has 0 unspecified atom stereocenters. The summed E-state index contributed by atoms with van der Waals surface area (Å²) < 4.78 is 0. The molecule has 0 atom stereocenters. The molecule has 2 aromatic carbocycles. The maximum absolute atomic E-state index is 12.0. The van der Waals surface area contributed by atoms with Crippen molar-refractivity contribution in [1.29, 1.82) is 0 Å². The van der Waals surface area contributed by atoms with Crippen LogP contribution < -0.4 is 16.0 Å². The minimum absolute atomic E-state index is 0.0385. The largest absolute Gasteiger partial charge is 0.380 e. The standard InChI is InChI=1S/C21H26ClN3O/c1-14(2)25-21(26)17-5-3-15(4-6-17)13-24-20-18-10-12-23-11-9-16(18)7-8-19(20)22/h3-8,14,23-24H,9-13H2,1-2H3,(H,25,26). The Kier molecular flexibility index (Phi) is 6.17. The molecule has 0 spiro atoms. The molecule has 138 valence electrons. The zero-order chi connectivity index (χ0) is 18.5. The number of amides is 1. The Hall–Kier alpha value is -2.04. The fourth-order valence-electron chi connectivity index (χ4n) is 3.24. The van der Waals surface area contributed by atoms with E-state index >= 15 is 0 Å². The lowest BCUT2D eigenvalue weighted by Crippen LogP contribution is -2.30. The first-order valence-corrected chi connectivity index (χ1v) is 9.57. The van der Waals surface area contributed by atoms with Crippen LogP contribution in [0, 0.1) is 0 Å².